The molecule has 0 atom stereocenters. The second kappa shape index (κ2) is 7.13. The van der Waals surface area contributed by atoms with Gasteiger partial charge in [0.15, 0.2) is 5.16 Å². The largest absolute Gasteiger partial charge is 0.300 e. The molecule has 9 heteroatoms. The van der Waals surface area contributed by atoms with Gasteiger partial charge < -0.3 is 0 Å². The standard InChI is InChI=1S/C18H11ClF2N4OS/c19-14-5-2-6-15(21)13(14)10-27-18-23-22-16-17(26)24(7-8-25(16)18)12-4-1-3-11(20)9-12/h1-9H,10H2. The van der Waals surface area contributed by atoms with Gasteiger partial charge in [-0.2, -0.15) is 0 Å². The Morgan fingerprint density at radius 2 is 1.89 bits per heavy atom. The lowest BCUT2D eigenvalue weighted by molar-refractivity contribution is 0.617. The molecule has 0 unspecified atom stereocenters. The molecule has 4 rings (SSSR count). The zero-order chi connectivity index (χ0) is 19.0. The third-order valence-electron chi connectivity index (χ3n) is 3.93. The van der Waals surface area contributed by atoms with Crippen LogP contribution >= 0.6 is 23.4 Å². The summed E-state index contributed by atoms with van der Waals surface area (Å²) in [6.45, 7) is 0. The highest BCUT2D eigenvalue weighted by atomic mass is 35.5. The van der Waals surface area contributed by atoms with Crippen LogP contribution in [0, 0.1) is 11.6 Å². The van der Waals surface area contributed by atoms with Gasteiger partial charge in [-0.05, 0) is 30.3 Å². The molecule has 0 bridgehead atoms. The summed E-state index contributed by atoms with van der Waals surface area (Å²) < 4.78 is 30.1. The predicted molar refractivity (Wildman–Crippen MR) is 99.5 cm³/mol. The molecule has 0 aliphatic heterocycles. The third kappa shape index (κ3) is 3.33. The minimum absolute atomic E-state index is 0.0869. The summed E-state index contributed by atoms with van der Waals surface area (Å²) in [5, 5.41) is 8.68. The van der Waals surface area contributed by atoms with Crippen LogP contribution in [0.25, 0.3) is 11.3 Å². The van der Waals surface area contributed by atoms with E-state index in [9.17, 15) is 13.6 Å². The van der Waals surface area contributed by atoms with E-state index in [4.69, 9.17) is 11.6 Å². The number of hydrogen-bond donors (Lipinski definition) is 0. The SMILES string of the molecule is O=c1c2nnc(SCc3c(F)cccc3Cl)n2ccn1-c1cccc(F)c1. The molecule has 0 saturated heterocycles. The normalized spacial score (nSPS) is 11.2. The van der Waals surface area contributed by atoms with Crippen molar-refractivity contribution in [2.75, 3.05) is 0 Å². The lowest BCUT2D eigenvalue weighted by atomic mass is 10.2. The smallest absolute Gasteiger partial charge is 0.279 e. The van der Waals surface area contributed by atoms with Crippen LogP contribution in [0.1, 0.15) is 5.56 Å². The van der Waals surface area contributed by atoms with E-state index in [1.165, 1.54) is 57.3 Å². The summed E-state index contributed by atoms with van der Waals surface area (Å²) in [7, 11) is 0. The van der Waals surface area contributed by atoms with Crippen LogP contribution in [0.2, 0.25) is 5.02 Å². The zero-order valence-electron chi connectivity index (χ0n) is 13.6. The molecule has 2 aromatic heterocycles. The Morgan fingerprint density at radius 1 is 1.07 bits per heavy atom. The molecule has 4 aromatic rings. The van der Waals surface area contributed by atoms with Crippen molar-refractivity contribution in [3.63, 3.8) is 0 Å². The lowest BCUT2D eigenvalue weighted by Crippen LogP contribution is -2.20. The average Bonchev–Trinajstić information content (AvgIpc) is 3.06. The number of thioether (sulfide) groups is 1. The Balaban J connectivity index is 1.69. The first-order valence-electron chi connectivity index (χ1n) is 7.82. The minimum Gasteiger partial charge on any atom is -0.279 e. The summed E-state index contributed by atoms with van der Waals surface area (Å²) in [4.78, 5) is 12.7. The monoisotopic (exact) mass is 404 g/mol. The third-order valence-corrected chi connectivity index (χ3v) is 5.26. The topological polar surface area (TPSA) is 52.2 Å². The molecular formula is C18H11ClF2N4OS. The van der Waals surface area contributed by atoms with E-state index in [0.29, 0.717) is 21.4 Å². The summed E-state index contributed by atoms with van der Waals surface area (Å²) in [5.41, 5.74) is 0.391. The maximum absolute atomic E-state index is 13.9. The highest BCUT2D eigenvalue weighted by Gasteiger charge is 2.14. The van der Waals surface area contributed by atoms with Crippen molar-refractivity contribution in [1.29, 1.82) is 0 Å². The van der Waals surface area contributed by atoms with Gasteiger partial charge in [-0.1, -0.05) is 35.5 Å². The van der Waals surface area contributed by atoms with Crippen molar-refractivity contribution in [3.8, 4) is 5.69 Å². The van der Waals surface area contributed by atoms with Crippen LogP contribution < -0.4 is 5.56 Å². The van der Waals surface area contributed by atoms with Crippen molar-refractivity contribution >= 4 is 29.0 Å². The molecule has 27 heavy (non-hydrogen) atoms. The number of hydrogen-bond acceptors (Lipinski definition) is 4. The Labute approximate surface area is 161 Å². The van der Waals surface area contributed by atoms with E-state index in [1.54, 1.807) is 18.3 Å². The molecule has 5 nitrogen and oxygen atoms in total. The summed E-state index contributed by atoms with van der Waals surface area (Å²) in [6.07, 6.45) is 3.11. The van der Waals surface area contributed by atoms with E-state index in [-0.39, 0.29) is 11.4 Å². The van der Waals surface area contributed by atoms with Gasteiger partial charge in [-0.3, -0.25) is 13.8 Å². The quantitative estimate of drug-likeness (QED) is 0.480. The van der Waals surface area contributed by atoms with E-state index >= 15 is 0 Å². The average molecular weight is 405 g/mol. The number of nitrogens with zero attached hydrogens (tertiary/aromatic N) is 4. The number of benzene rings is 2. The van der Waals surface area contributed by atoms with E-state index in [2.05, 4.69) is 10.2 Å². The van der Waals surface area contributed by atoms with Crippen LogP contribution in [0.4, 0.5) is 8.78 Å². The van der Waals surface area contributed by atoms with E-state index in [1.807, 2.05) is 0 Å². The van der Waals surface area contributed by atoms with Crippen molar-refractivity contribution < 1.29 is 8.78 Å². The number of fused-ring (bicyclic) bond motifs is 1. The zero-order valence-corrected chi connectivity index (χ0v) is 15.2. The molecule has 0 aliphatic rings. The fourth-order valence-corrected chi connectivity index (χ4v) is 3.86. The molecule has 2 aromatic carbocycles. The Bertz CT molecular complexity index is 1190. The van der Waals surface area contributed by atoms with Gasteiger partial charge in [0, 0.05) is 28.7 Å². The predicted octanol–water partition coefficient (Wildman–Crippen LogP) is 4.10. The Morgan fingerprint density at radius 3 is 2.67 bits per heavy atom. The highest BCUT2D eigenvalue weighted by molar-refractivity contribution is 7.98. The minimum atomic E-state index is -0.446. The highest BCUT2D eigenvalue weighted by Crippen LogP contribution is 2.27. The first-order chi connectivity index (χ1) is 13.0. The molecule has 0 aliphatic carbocycles. The van der Waals surface area contributed by atoms with Crippen molar-refractivity contribution in [3.05, 3.63) is 87.4 Å². The van der Waals surface area contributed by atoms with Crippen LogP contribution in [-0.2, 0) is 5.75 Å². The fraction of sp³-hybridized carbons (Fsp3) is 0.0556. The van der Waals surface area contributed by atoms with Gasteiger partial charge >= 0.3 is 5.56 Å². The molecule has 0 N–H and O–H groups in total. The van der Waals surface area contributed by atoms with Gasteiger partial charge in [-0.15, -0.1) is 10.2 Å². The molecular weight excluding hydrogens is 394 g/mol. The summed E-state index contributed by atoms with van der Waals surface area (Å²) >= 11 is 7.24. The van der Waals surface area contributed by atoms with Crippen molar-refractivity contribution in [2.24, 2.45) is 0 Å². The Hall–Kier alpha value is -2.71. The van der Waals surface area contributed by atoms with Crippen LogP contribution in [0.15, 0.2) is 64.8 Å². The van der Waals surface area contributed by atoms with E-state index in [0.717, 1.165) is 0 Å². The summed E-state index contributed by atoms with van der Waals surface area (Å²) in [5.74, 6) is -0.615. The van der Waals surface area contributed by atoms with Crippen LogP contribution in [0.3, 0.4) is 0 Å². The van der Waals surface area contributed by atoms with Gasteiger partial charge in [0.2, 0.25) is 5.65 Å². The van der Waals surface area contributed by atoms with Gasteiger partial charge in [0.05, 0.1) is 5.69 Å². The molecule has 0 amide bonds. The van der Waals surface area contributed by atoms with Gasteiger partial charge in [0.1, 0.15) is 11.6 Å². The second-order valence-electron chi connectivity index (χ2n) is 5.62. The maximum Gasteiger partial charge on any atom is 0.300 e. The Kier molecular flexibility index (Phi) is 4.67. The summed E-state index contributed by atoms with van der Waals surface area (Å²) in [6, 6.07) is 10.2. The molecule has 0 saturated carbocycles. The fourth-order valence-electron chi connectivity index (χ4n) is 2.60. The lowest BCUT2D eigenvalue weighted by Gasteiger charge is -2.07. The van der Waals surface area contributed by atoms with E-state index < -0.39 is 17.2 Å². The number of rotatable bonds is 4. The van der Waals surface area contributed by atoms with Crippen molar-refractivity contribution in [1.82, 2.24) is 19.2 Å². The molecule has 0 radical (unpaired) electrons. The number of aromatic nitrogens is 4. The first kappa shape index (κ1) is 17.7. The second-order valence-corrected chi connectivity index (χ2v) is 6.97. The van der Waals surface area contributed by atoms with Gasteiger partial charge in [0.25, 0.3) is 0 Å². The van der Waals surface area contributed by atoms with Crippen molar-refractivity contribution in [2.45, 2.75) is 10.9 Å². The number of halogens is 3. The van der Waals surface area contributed by atoms with Crippen LogP contribution in [0.5, 0.6) is 0 Å². The van der Waals surface area contributed by atoms with Gasteiger partial charge in [-0.25, -0.2) is 8.78 Å². The molecule has 0 spiro atoms. The molecule has 136 valence electrons. The molecule has 2 heterocycles. The first-order valence-corrected chi connectivity index (χ1v) is 9.19. The maximum atomic E-state index is 13.9. The van der Waals surface area contributed by atoms with Crippen LogP contribution in [-0.4, -0.2) is 19.2 Å². The molecule has 0 fully saturated rings.